The fraction of sp³-hybridized carbons (Fsp3) is 0.559. The topological polar surface area (TPSA) is 58.4 Å². The Balaban J connectivity index is 1.88. The SMILES string of the molecule is CCCCCCCCCCCC(=O)N(CCN(C)C)C(CC)c1nc2ccccc2c(=O)n1-c1cccc(C)c1. The highest BCUT2D eigenvalue weighted by atomic mass is 16.2. The van der Waals surface area contributed by atoms with Gasteiger partial charge in [0.15, 0.2) is 0 Å². The van der Waals surface area contributed by atoms with E-state index in [0.717, 1.165) is 30.6 Å². The summed E-state index contributed by atoms with van der Waals surface area (Å²) in [7, 11) is 4.06. The van der Waals surface area contributed by atoms with Crippen LogP contribution >= 0.6 is 0 Å². The van der Waals surface area contributed by atoms with E-state index in [1.165, 1.54) is 44.9 Å². The molecule has 0 radical (unpaired) electrons. The van der Waals surface area contributed by atoms with Crippen molar-refractivity contribution in [2.75, 3.05) is 27.2 Å². The molecule has 0 saturated carbocycles. The number of hydrogen-bond donors (Lipinski definition) is 0. The van der Waals surface area contributed by atoms with Crippen LogP contribution in [0.2, 0.25) is 0 Å². The van der Waals surface area contributed by atoms with E-state index in [1.54, 1.807) is 4.57 Å². The molecule has 0 aliphatic carbocycles. The number of nitrogens with zero attached hydrogens (tertiary/aromatic N) is 4. The van der Waals surface area contributed by atoms with Gasteiger partial charge in [-0.15, -0.1) is 0 Å². The number of aromatic nitrogens is 2. The molecule has 0 spiro atoms. The van der Waals surface area contributed by atoms with Gasteiger partial charge in [-0.2, -0.15) is 0 Å². The monoisotopic (exact) mass is 546 g/mol. The molecule has 3 aromatic rings. The smallest absolute Gasteiger partial charge is 0.266 e. The summed E-state index contributed by atoms with van der Waals surface area (Å²) in [6.07, 6.45) is 12.2. The Morgan fingerprint density at radius 1 is 0.875 bits per heavy atom. The Hall–Kier alpha value is -2.99. The molecule has 0 saturated heterocycles. The fourth-order valence-electron chi connectivity index (χ4n) is 5.42. The van der Waals surface area contributed by atoms with E-state index >= 15 is 0 Å². The number of para-hydroxylation sites is 1. The first-order chi connectivity index (χ1) is 19.4. The standard InChI is InChI=1S/C34H50N4O2/c1-6-8-9-10-11-12-13-14-15-23-32(39)37(25-24-36(4)5)31(7-2)33-35-30-22-17-16-21-29(30)34(40)38(33)28-20-18-19-27(3)26-28/h16-22,26,31H,6-15,23-25H2,1-5H3. The molecule has 0 aliphatic heterocycles. The van der Waals surface area contributed by atoms with Crippen molar-refractivity contribution in [1.29, 1.82) is 0 Å². The largest absolute Gasteiger partial charge is 0.331 e. The summed E-state index contributed by atoms with van der Waals surface area (Å²) < 4.78 is 1.73. The molecule has 0 aliphatic rings. The van der Waals surface area contributed by atoms with Crippen molar-refractivity contribution >= 4 is 16.8 Å². The number of amides is 1. The summed E-state index contributed by atoms with van der Waals surface area (Å²) in [6, 6.07) is 15.2. The van der Waals surface area contributed by atoms with Crippen LogP contribution in [0.4, 0.5) is 0 Å². The van der Waals surface area contributed by atoms with Crippen molar-refractivity contribution in [3.8, 4) is 5.69 Å². The van der Waals surface area contributed by atoms with Crippen LogP contribution in [-0.4, -0.2) is 52.4 Å². The number of fused-ring (bicyclic) bond motifs is 1. The number of carbonyl (C=O) groups excluding carboxylic acids is 1. The minimum absolute atomic E-state index is 0.0939. The molecule has 218 valence electrons. The van der Waals surface area contributed by atoms with Gasteiger partial charge < -0.3 is 9.80 Å². The minimum atomic E-state index is -0.302. The molecule has 3 rings (SSSR count). The lowest BCUT2D eigenvalue weighted by atomic mass is 10.1. The molecule has 1 aromatic heterocycles. The summed E-state index contributed by atoms with van der Waals surface area (Å²) in [6.45, 7) is 7.71. The van der Waals surface area contributed by atoms with Gasteiger partial charge in [0, 0.05) is 19.5 Å². The van der Waals surface area contributed by atoms with E-state index in [4.69, 9.17) is 4.98 Å². The molecule has 6 nitrogen and oxygen atoms in total. The molecule has 0 N–H and O–H groups in total. The number of hydrogen-bond acceptors (Lipinski definition) is 4. The Morgan fingerprint density at radius 3 is 2.20 bits per heavy atom. The predicted molar refractivity (Wildman–Crippen MR) is 167 cm³/mol. The Bertz CT molecular complexity index is 1270. The van der Waals surface area contributed by atoms with Crippen LogP contribution in [0.1, 0.15) is 102 Å². The number of carbonyl (C=O) groups is 1. The Labute approximate surface area is 241 Å². The second-order valence-electron chi connectivity index (χ2n) is 11.4. The molecular weight excluding hydrogens is 496 g/mol. The first kappa shape index (κ1) is 31.5. The van der Waals surface area contributed by atoms with Crippen molar-refractivity contribution < 1.29 is 4.79 Å². The van der Waals surface area contributed by atoms with Gasteiger partial charge in [-0.1, -0.05) is 89.5 Å². The predicted octanol–water partition coefficient (Wildman–Crippen LogP) is 7.46. The van der Waals surface area contributed by atoms with Crippen LogP contribution in [0.15, 0.2) is 53.3 Å². The van der Waals surface area contributed by atoms with Crippen LogP contribution < -0.4 is 5.56 Å². The quantitative estimate of drug-likeness (QED) is 0.165. The third-order valence-corrected chi connectivity index (χ3v) is 7.73. The zero-order chi connectivity index (χ0) is 28.9. The van der Waals surface area contributed by atoms with Crippen LogP contribution in [0.5, 0.6) is 0 Å². The second kappa shape index (κ2) is 16.3. The van der Waals surface area contributed by atoms with E-state index in [-0.39, 0.29) is 17.5 Å². The van der Waals surface area contributed by atoms with Gasteiger partial charge in [-0.3, -0.25) is 14.2 Å². The van der Waals surface area contributed by atoms with Crippen LogP contribution in [0, 0.1) is 6.92 Å². The summed E-state index contributed by atoms with van der Waals surface area (Å²) in [4.78, 5) is 36.8. The highest BCUT2D eigenvalue weighted by Gasteiger charge is 2.28. The van der Waals surface area contributed by atoms with Crippen molar-refractivity contribution in [3.05, 3.63) is 70.3 Å². The molecule has 1 atom stereocenters. The summed E-state index contributed by atoms with van der Waals surface area (Å²) >= 11 is 0. The van der Waals surface area contributed by atoms with Crippen LogP contribution in [-0.2, 0) is 4.79 Å². The molecule has 2 aromatic carbocycles. The van der Waals surface area contributed by atoms with E-state index in [2.05, 4.69) is 18.7 Å². The zero-order valence-electron chi connectivity index (χ0n) is 25.5. The normalized spacial score (nSPS) is 12.2. The van der Waals surface area contributed by atoms with Gasteiger partial charge in [-0.05, 0) is 63.7 Å². The Kier molecular flexibility index (Phi) is 12.9. The van der Waals surface area contributed by atoms with Gasteiger partial charge in [-0.25, -0.2) is 4.98 Å². The van der Waals surface area contributed by atoms with Gasteiger partial charge in [0.1, 0.15) is 5.82 Å². The number of rotatable bonds is 17. The van der Waals surface area contributed by atoms with Gasteiger partial charge in [0.05, 0.1) is 22.6 Å². The molecule has 6 heteroatoms. The maximum absolute atomic E-state index is 13.9. The van der Waals surface area contributed by atoms with Crippen LogP contribution in [0.3, 0.4) is 0 Å². The maximum Gasteiger partial charge on any atom is 0.266 e. The third-order valence-electron chi connectivity index (χ3n) is 7.73. The highest BCUT2D eigenvalue weighted by Crippen LogP contribution is 2.27. The molecule has 1 heterocycles. The molecule has 1 amide bonds. The van der Waals surface area contributed by atoms with Gasteiger partial charge in [0.2, 0.25) is 5.91 Å². The van der Waals surface area contributed by atoms with E-state index in [1.807, 2.05) is 74.4 Å². The van der Waals surface area contributed by atoms with Crippen molar-refractivity contribution in [1.82, 2.24) is 19.4 Å². The lowest BCUT2D eigenvalue weighted by Gasteiger charge is -2.33. The third kappa shape index (κ3) is 8.76. The number of aryl methyl sites for hydroxylation is 1. The molecule has 1 unspecified atom stereocenters. The Morgan fingerprint density at radius 2 is 1.55 bits per heavy atom. The minimum Gasteiger partial charge on any atom is -0.331 e. The number of benzene rings is 2. The average Bonchev–Trinajstić information content (AvgIpc) is 2.94. The van der Waals surface area contributed by atoms with Crippen molar-refractivity contribution in [3.63, 3.8) is 0 Å². The lowest BCUT2D eigenvalue weighted by Crippen LogP contribution is -2.41. The average molecular weight is 547 g/mol. The van der Waals surface area contributed by atoms with E-state index < -0.39 is 0 Å². The lowest BCUT2D eigenvalue weighted by molar-refractivity contribution is -0.134. The molecular formula is C34H50N4O2. The summed E-state index contributed by atoms with van der Waals surface area (Å²) in [5.74, 6) is 0.783. The molecule has 0 fully saturated rings. The second-order valence-corrected chi connectivity index (χ2v) is 11.4. The first-order valence-electron chi connectivity index (χ1n) is 15.4. The van der Waals surface area contributed by atoms with Crippen LogP contribution in [0.25, 0.3) is 16.6 Å². The fourth-order valence-corrected chi connectivity index (χ4v) is 5.42. The summed E-state index contributed by atoms with van der Waals surface area (Å²) in [5.41, 5.74) is 2.44. The number of unbranched alkanes of at least 4 members (excludes halogenated alkanes) is 8. The van der Waals surface area contributed by atoms with E-state index in [0.29, 0.717) is 36.1 Å². The van der Waals surface area contributed by atoms with Crippen molar-refractivity contribution in [2.24, 2.45) is 0 Å². The number of likely N-dealkylation sites (N-methyl/N-ethyl adjacent to an activating group) is 1. The maximum atomic E-state index is 13.9. The zero-order valence-corrected chi connectivity index (χ0v) is 25.5. The molecule has 40 heavy (non-hydrogen) atoms. The first-order valence-corrected chi connectivity index (χ1v) is 15.4. The van der Waals surface area contributed by atoms with Gasteiger partial charge in [0.25, 0.3) is 5.56 Å². The summed E-state index contributed by atoms with van der Waals surface area (Å²) in [5, 5.41) is 0.587. The van der Waals surface area contributed by atoms with Gasteiger partial charge >= 0.3 is 0 Å². The van der Waals surface area contributed by atoms with Crippen molar-refractivity contribution in [2.45, 2.75) is 97.4 Å². The van der Waals surface area contributed by atoms with E-state index in [9.17, 15) is 9.59 Å². The molecule has 0 bridgehead atoms. The highest BCUT2D eigenvalue weighted by molar-refractivity contribution is 5.79.